The number of hydrogen-bond acceptors (Lipinski definition) is 5. The number of ether oxygens (including phenoxy) is 1. The summed E-state index contributed by atoms with van der Waals surface area (Å²) >= 11 is 0. The van der Waals surface area contributed by atoms with Crippen LogP contribution >= 0.6 is 0 Å². The van der Waals surface area contributed by atoms with Crippen LogP contribution in [0.25, 0.3) is 0 Å². The maximum atomic E-state index is 12.7. The number of piperazine rings is 1. The summed E-state index contributed by atoms with van der Waals surface area (Å²) in [5.74, 6) is -0.708. The van der Waals surface area contributed by atoms with Crippen molar-refractivity contribution in [1.82, 2.24) is 9.62 Å². The predicted molar refractivity (Wildman–Crippen MR) is 104 cm³/mol. The summed E-state index contributed by atoms with van der Waals surface area (Å²) in [7, 11) is -2.20. The first-order valence-electron chi connectivity index (χ1n) is 9.55. The Morgan fingerprint density at radius 1 is 1.21 bits per heavy atom. The number of nitrogens with zero attached hydrogens (tertiary/aromatic N) is 1. The molecule has 1 amide bonds. The van der Waals surface area contributed by atoms with Gasteiger partial charge in [-0.15, -0.1) is 0 Å². The highest BCUT2D eigenvalue weighted by Crippen LogP contribution is 2.14. The van der Waals surface area contributed by atoms with Gasteiger partial charge in [0.25, 0.3) is 5.91 Å². The minimum Gasteiger partial charge on any atom is -0.467 e. The Hall–Kier alpha value is -1.97. The molecule has 28 heavy (non-hydrogen) atoms. The molecule has 0 bridgehead atoms. The first-order valence-corrected chi connectivity index (χ1v) is 11.0. The first kappa shape index (κ1) is 22.3. The number of esters is 1. The monoisotopic (exact) mass is 412 g/mol. The van der Waals surface area contributed by atoms with Crippen LogP contribution in [0.4, 0.5) is 0 Å². The molecule has 9 heteroatoms. The fourth-order valence-electron chi connectivity index (χ4n) is 3.21. The Labute approximate surface area is 166 Å². The quantitative estimate of drug-likeness (QED) is 0.550. The number of sulfonamides is 1. The van der Waals surface area contributed by atoms with Crippen LogP contribution in [0.3, 0.4) is 0 Å². The Morgan fingerprint density at radius 3 is 2.36 bits per heavy atom. The smallest absolute Gasteiger partial charge is 0.328 e. The lowest BCUT2D eigenvalue weighted by Gasteiger charge is -2.31. The molecule has 1 aromatic rings. The van der Waals surface area contributed by atoms with Gasteiger partial charge in [0, 0.05) is 0 Å². The Bertz CT molecular complexity index is 761. The van der Waals surface area contributed by atoms with Crippen molar-refractivity contribution in [3.63, 3.8) is 0 Å². The molecule has 1 aliphatic rings. The van der Waals surface area contributed by atoms with E-state index in [0.29, 0.717) is 26.2 Å². The van der Waals surface area contributed by atoms with Crippen molar-refractivity contribution in [2.75, 3.05) is 39.8 Å². The third kappa shape index (κ3) is 5.52. The van der Waals surface area contributed by atoms with Crippen LogP contribution in [0.15, 0.2) is 35.2 Å². The highest BCUT2D eigenvalue weighted by molar-refractivity contribution is 7.89. The zero-order chi connectivity index (χ0) is 20.7. The highest BCUT2D eigenvalue weighted by Gasteiger charge is 2.32. The topological polar surface area (TPSA) is 97.2 Å². The summed E-state index contributed by atoms with van der Waals surface area (Å²) in [6, 6.07) is 7.69. The lowest BCUT2D eigenvalue weighted by molar-refractivity contribution is -0.895. The number of methoxy groups -OCH3 is 1. The van der Waals surface area contributed by atoms with Crippen molar-refractivity contribution in [3.05, 3.63) is 30.3 Å². The molecular weight excluding hydrogens is 382 g/mol. The van der Waals surface area contributed by atoms with E-state index in [2.05, 4.69) is 5.32 Å². The summed E-state index contributed by atoms with van der Waals surface area (Å²) < 4.78 is 31.6. The molecular formula is C19H30N3O5S+. The second kappa shape index (κ2) is 9.99. The van der Waals surface area contributed by atoms with Crippen molar-refractivity contribution in [2.24, 2.45) is 5.92 Å². The lowest BCUT2D eigenvalue weighted by Crippen LogP contribution is -3.15. The number of amides is 1. The Balaban J connectivity index is 1.89. The van der Waals surface area contributed by atoms with E-state index in [1.165, 1.54) is 11.4 Å². The van der Waals surface area contributed by atoms with Crippen molar-refractivity contribution in [3.8, 4) is 0 Å². The van der Waals surface area contributed by atoms with Crippen LogP contribution in [0.2, 0.25) is 0 Å². The van der Waals surface area contributed by atoms with Crippen molar-refractivity contribution < 1.29 is 27.6 Å². The van der Waals surface area contributed by atoms with Gasteiger partial charge in [0.05, 0.1) is 38.2 Å². The second-order valence-electron chi connectivity index (χ2n) is 7.10. The molecule has 2 rings (SSSR count). The molecule has 2 N–H and O–H groups in total. The Morgan fingerprint density at radius 2 is 1.82 bits per heavy atom. The summed E-state index contributed by atoms with van der Waals surface area (Å²) in [6.07, 6.45) is 0.739. The molecule has 1 fully saturated rings. The molecule has 2 atom stereocenters. The second-order valence-corrected chi connectivity index (χ2v) is 9.04. The van der Waals surface area contributed by atoms with Crippen LogP contribution in [0.5, 0.6) is 0 Å². The van der Waals surface area contributed by atoms with Gasteiger partial charge >= 0.3 is 5.97 Å². The third-order valence-electron chi connectivity index (χ3n) is 5.21. The van der Waals surface area contributed by atoms with Crippen LogP contribution < -0.4 is 10.2 Å². The van der Waals surface area contributed by atoms with E-state index in [1.807, 2.05) is 13.8 Å². The van der Waals surface area contributed by atoms with Gasteiger partial charge < -0.3 is 15.0 Å². The van der Waals surface area contributed by atoms with Gasteiger partial charge in [0.1, 0.15) is 6.04 Å². The molecule has 0 unspecified atom stereocenters. The number of nitrogens with one attached hydrogen (secondary N) is 2. The molecule has 1 heterocycles. The van der Waals surface area contributed by atoms with Gasteiger partial charge in [-0.1, -0.05) is 38.5 Å². The van der Waals surface area contributed by atoms with Gasteiger partial charge in [-0.05, 0) is 18.1 Å². The SMILES string of the molecule is CC[C@@H](C)[C@@H](NC(=O)C[NH+]1CCN(S(=O)(=O)c2ccccc2)CC1)C(=O)OC. The number of hydrogen-bond donors (Lipinski definition) is 2. The number of carbonyl (C=O) groups is 2. The summed E-state index contributed by atoms with van der Waals surface area (Å²) in [4.78, 5) is 25.6. The predicted octanol–water partition coefficient (Wildman–Crippen LogP) is -0.720. The number of benzene rings is 1. The van der Waals surface area contributed by atoms with Crippen molar-refractivity contribution in [1.29, 1.82) is 0 Å². The van der Waals surface area contributed by atoms with Gasteiger partial charge in [0.15, 0.2) is 6.54 Å². The number of quaternary nitrogens is 1. The molecule has 8 nitrogen and oxygen atoms in total. The third-order valence-corrected chi connectivity index (χ3v) is 7.12. The van der Waals surface area contributed by atoms with E-state index in [9.17, 15) is 18.0 Å². The van der Waals surface area contributed by atoms with E-state index in [1.54, 1.807) is 30.3 Å². The number of carbonyl (C=O) groups excluding carboxylic acids is 2. The maximum Gasteiger partial charge on any atom is 0.328 e. The minimum atomic E-state index is -3.50. The fraction of sp³-hybridized carbons (Fsp3) is 0.579. The first-order chi connectivity index (χ1) is 13.3. The molecule has 0 radical (unpaired) electrons. The minimum absolute atomic E-state index is 0.0285. The molecule has 1 aliphatic heterocycles. The van der Waals surface area contributed by atoms with E-state index in [-0.39, 0.29) is 23.3 Å². The number of rotatable bonds is 8. The maximum absolute atomic E-state index is 12.7. The molecule has 1 saturated heterocycles. The van der Waals surface area contributed by atoms with Crippen molar-refractivity contribution >= 4 is 21.9 Å². The van der Waals surface area contributed by atoms with E-state index in [4.69, 9.17) is 4.74 Å². The van der Waals surface area contributed by atoms with E-state index < -0.39 is 22.0 Å². The van der Waals surface area contributed by atoms with Gasteiger partial charge in [-0.25, -0.2) is 13.2 Å². The van der Waals surface area contributed by atoms with Gasteiger partial charge in [-0.3, -0.25) is 4.79 Å². The van der Waals surface area contributed by atoms with Crippen LogP contribution in [0.1, 0.15) is 20.3 Å². The fourth-order valence-corrected chi connectivity index (χ4v) is 4.67. The highest BCUT2D eigenvalue weighted by atomic mass is 32.2. The van der Waals surface area contributed by atoms with Crippen LogP contribution in [-0.2, 0) is 24.3 Å². The molecule has 1 aromatic carbocycles. The van der Waals surface area contributed by atoms with Gasteiger partial charge in [0.2, 0.25) is 10.0 Å². The zero-order valence-electron chi connectivity index (χ0n) is 16.7. The van der Waals surface area contributed by atoms with Crippen LogP contribution in [0, 0.1) is 5.92 Å². The largest absolute Gasteiger partial charge is 0.467 e. The Kier molecular flexibility index (Phi) is 7.97. The molecule has 0 spiro atoms. The summed E-state index contributed by atoms with van der Waals surface area (Å²) in [6.45, 7) is 5.81. The molecule has 0 saturated carbocycles. The molecule has 0 aromatic heterocycles. The molecule has 0 aliphatic carbocycles. The average molecular weight is 413 g/mol. The average Bonchev–Trinajstić information content (AvgIpc) is 2.72. The molecule has 156 valence electrons. The van der Waals surface area contributed by atoms with E-state index in [0.717, 1.165) is 11.3 Å². The van der Waals surface area contributed by atoms with Crippen LogP contribution in [-0.4, -0.2) is 70.5 Å². The summed E-state index contributed by atoms with van der Waals surface area (Å²) in [5, 5.41) is 2.77. The standard InChI is InChI=1S/C19H29N3O5S/c1-4-15(2)18(19(24)27-3)20-17(23)14-21-10-12-22(13-11-21)28(25,26)16-8-6-5-7-9-16/h5-9,15,18H,4,10-14H2,1-3H3,(H,20,23)/p+1/t15-,18-/m1/s1. The van der Waals surface area contributed by atoms with Gasteiger partial charge in [-0.2, -0.15) is 4.31 Å². The summed E-state index contributed by atoms with van der Waals surface area (Å²) in [5.41, 5.74) is 0. The lowest BCUT2D eigenvalue weighted by atomic mass is 9.99. The normalized spacial score (nSPS) is 18.2. The zero-order valence-corrected chi connectivity index (χ0v) is 17.5. The van der Waals surface area contributed by atoms with Crippen molar-refractivity contribution in [2.45, 2.75) is 31.2 Å². The van der Waals surface area contributed by atoms with E-state index >= 15 is 0 Å².